The van der Waals surface area contributed by atoms with E-state index in [2.05, 4.69) is 22.0 Å². The van der Waals surface area contributed by atoms with Gasteiger partial charge in [-0.15, -0.1) is 11.3 Å². The number of fused-ring (bicyclic) bond motifs is 1. The number of nitrogens with two attached hydrogens (primary N) is 1. The Hall–Kier alpha value is -1.59. The SMILES string of the molecule is Nc1ncc(CN2CCOc3ccccc3C2)s1. The Morgan fingerprint density at radius 2 is 2.28 bits per heavy atom. The van der Waals surface area contributed by atoms with Crippen LogP contribution in [0, 0.1) is 0 Å². The Morgan fingerprint density at radius 1 is 1.39 bits per heavy atom. The summed E-state index contributed by atoms with van der Waals surface area (Å²) < 4.78 is 5.74. The van der Waals surface area contributed by atoms with Crippen molar-refractivity contribution >= 4 is 16.5 Å². The highest BCUT2D eigenvalue weighted by molar-refractivity contribution is 7.15. The second-order valence-corrected chi connectivity index (χ2v) is 5.48. The minimum absolute atomic E-state index is 0.636. The lowest BCUT2D eigenvalue weighted by atomic mass is 10.2. The van der Waals surface area contributed by atoms with Crippen LogP contribution in [-0.2, 0) is 13.1 Å². The quantitative estimate of drug-likeness (QED) is 0.899. The summed E-state index contributed by atoms with van der Waals surface area (Å²) in [7, 11) is 0. The van der Waals surface area contributed by atoms with Crippen molar-refractivity contribution in [3.8, 4) is 5.75 Å². The third-order valence-electron chi connectivity index (χ3n) is 2.98. The van der Waals surface area contributed by atoms with Crippen molar-refractivity contribution in [2.24, 2.45) is 0 Å². The van der Waals surface area contributed by atoms with E-state index in [1.807, 2.05) is 18.3 Å². The highest BCUT2D eigenvalue weighted by Gasteiger charge is 2.15. The van der Waals surface area contributed by atoms with E-state index in [9.17, 15) is 0 Å². The lowest BCUT2D eigenvalue weighted by molar-refractivity contribution is 0.221. The smallest absolute Gasteiger partial charge is 0.180 e. The second kappa shape index (κ2) is 4.96. The summed E-state index contributed by atoms with van der Waals surface area (Å²) in [5, 5.41) is 0.636. The molecule has 0 fully saturated rings. The van der Waals surface area contributed by atoms with Crippen LogP contribution in [0.2, 0.25) is 0 Å². The number of ether oxygens (including phenoxy) is 1. The summed E-state index contributed by atoms with van der Waals surface area (Å²) in [6.45, 7) is 3.44. The predicted octanol–water partition coefficient (Wildman–Crippen LogP) is 2.12. The number of nitrogens with zero attached hydrogens (tertiary/aromatic N) is 2. The van der Waals surface area contributed by atoms with Gasteiger partial charge in [-0.3, -0.25) is 4.90 Å². The van der Waals surface area contributed by atoms with Gasteiger partial charge in [0.1, 0.15) is 12.4 Å². The number of aromatic nitrogens is 1. The Morgan fingerprint density at radius 3 is 3.11 bits per heavy atom. The van der Waals surface area contributed by atoms with Gasteiger partial charge in [-0.05, 0) is 6.07 Å². The first-order valence-electron chi connectivity index (χ1n) is 5.94. The van der Waals surface area contributed by atoms with Gasteiger partial charge in [0.05, 0.1) is 0 Å². The fraction of sp³-hybridized carbons (Fsp3) is 0.308. The van der Waals surface area contributed by atoms with Crippen LogP contribution in [0.4, 0.5) is 5.13 Å². The van der Waals surface area contributed by atoms with Crippen molar-refractivity contribution in [2.75, 3.05) is 18.9 Å². The molecule has 1 aliphatic rings. The van der Waals surface area contributed by atoms with E-state index < -0.39 is 0 Å². The Labute approximate surface area is 110 Å². The minimum Gasteiger partial charge on any atom is -0.492 e. The molecule has 2 heterocycles. The first-order chi connectivity index (χ1) is 8.81. The van der Waals surface area contributed by atoms with Crippen LogP contribution in [0.25, 0.3) is 0 Å². The van der Waals surface area contributed by atoms with Crippen molar-refractivity contribution in [1.29, 1.82) is 0 Å². The van der Waals surface area contributed by atoms with E-state index in [0.717, 1.165) is 32.0 Å². The van der Waals surface area contributed by atoms with Gasteiger partial charge in [0.25, 0.3) is 0 Å². The summed E-state index contributed by atoms with van der Waals surface area (Å²) in [6.07, 6.45) is 1.86. The number of rotatable bonds is 2. The van der Waals surface area contributed by atoms with Crippen molar-refractivity contribution in [1.82, 2.24) is 9.88 Å². The molecule has 0 saturated carbocycles. The summed E-state index contributed by atoms with van der Waals surface area (Å²) in [4.78, 5) is 7.65. The zero-order valence-corrected chi connectivity index (χ0v) is 10.8. The second-order valence-electron chi connectivity index (χ2n) is 4.33. The molecule has 0 bridgehead atoms. The zero-order chi connectivity index (χ0) is 12.4. The highest BCUT2D eigenvalue weighted by Crippen LogP contribution is 2.24. The van der Waals surface area contributed by atoms with Gasteiger partial charge in [0, 0.05) is 36.3 Å². The van der Waals surface area contributed by atoms with Crippen LogP contribution < -0.4 is 10.5 Å². The van der Waals surface area contributed by atoms with E-state index in [-0.39, 0.29) is 0 Å². The number of hydrogen-bond donors (Lipinski definition) is 1. The van der Waals surface area contributed by atoms with E-state index in [0.29, 0.717) is 5.13 Å². The molecule has 0 atom stereocenters. The molecule has 4 nitrogen and oxygen atoms in total. The largest absolute Gasteiger partial charge is 0.492 e. The molecule has 1 aromatic carbocycles. The van der Waals surface area contributed by atoms with E-state index >= 15 is 0 Å². The summed E-state index contributed by atoms with van der Waals surface area (Å²) in [5.41, 5.74) is 6.90. The number of nitrogen functional groups attached to an aromatic ring is 1. The molecule has 0 amide bonds. The maximum Gasteiger partial charge on any atom is 0.180 e. The van der Waals surface area contributed by atoms with Crippen LogP contribution in [0.15, 0.2) is 30.5 Å². The van der Waals surface area contributed by atoms with E-state index in [1.165, 1.54) is 10.4 Å². The fourth-order valence-corrected chi connectivity index (χ4v) is 2.86. The minimum atomic E-state index is 0.636. The molecule has 0 saturated heterocycles. The molecular formula is C13H15N3OS. The molecular weight excluding hydrogens is 246 g/mol. The number of hydrogen-bond acceptors (Lipinski definition) is 5. The van der Waals surface area contributed by atoms with Gasteiger partial charge in [-0.1, -0.05) is 18.2 Å². The maximum atomic E-state index is 5.74. The first kappa shape index (κ1) is 11.5. The van der Waals surface area contributed by atoms with Crippen LogP contribution in [0.1, 0.15) is 10.4 Å². The van der Waals surface area contributed by atoms with Crippen LogP contribution >= 0.6 is 11.3 Å². The monoisotopic (exact) mass is 261 g/mol. The third kappa shape index (κ3) is 2.47. The Bertz CT molecular complexity index is 541. The fourth-order valence-electron chi connectivity index (χ4n) is 2.13. The van der Waals surface area contributed by atoms with Crippen molar-refractivity contribution in [3.05, 3.63) is 40.9 Å². The lowest BCUT2D eigenvalue weighted by Crippen LogP contribution is -2.24. The predicted molar refractivity (Wildman–Crippen MR) is 72.6 cm³/mol. The van der Waals surface area contributed by atoms with Gasteiger partial charge < -0.3 is 10.5 Å². The summed E-state index contributed by atoms with van der Waals surface area (Å²) in [5.74, 6) is 1.00. The number of thiazole rings is 1. The number of anilines is 1. The van der Waals surface area contributed by atoms with E-state index in [4.69, 9.17) is 10.5 Å². The molecule has 0 aliphatic carbocycles. The maximum absolute atomic E-state index is 5.74. The molecule has 18 heavy (non-hydrogen) atoms. The summed E-state index contributed by atoms with van der Waals surface area (Å²) in [6, 6.07) is 8.22. The number of benzene rings is 1. The van der Waals surface area contributed by atoms with Gasteiger partial charge in [0.2, 0.25) is 0 Å². The first-order valence-corrected chi connectivity index (χ1v) is 6.76. The lowest BCUT2D eigenvalue weighted by Gasteiger charge is -2.17. The molecule has 1 aromatic heterocycles. The molecule has 5 heteroatoms. The van der Waals surface area contributed by atoms with Crippen LogP contribution in [0.5, 0.6) is 5.75 Å². The van der Waals surface area contributed by atoms with Crippen molar-refractivity contribution in [2.45, 2.75) is 13.1 Å². The standard InChI is InChI=1S/C13H15N3OS/c14-13-15-7-11(18-13)9-16-5-6-17-12-4-2-1-3-10(12)8-16/h1-4,7H,5-6,8-9H2,(H2,14,15). The Kier molecular flexibility index (Phi) is 3.17. The molecule has 94 valence electrons. The average molecular weight is 261 g/mol. The van der Waals surface area contributed by atoms with Crippen molar-refractivity contribution < 1.29 is 4.74 Å². The van der Waals surface area contributed by atoms with Crippen molar-refractivity contribution in [3.63, 3.8) is 0 Å². The molecule has 2 aromatic rings. The number of para-hydroxylation sites is 1. The molecule has 3 rings (SSSR count). The van der Waals surface area contributed by atoms with E-state index in [1.54, 1.807) is 11.3 Å². The zero-order valence-electron chi connectivity index (χ0n) is 10.0. The topological polar surface area (TPSA) is 51.4 Å². The van der Waals surface area contributed by atoms with Gasteiger partial charge in [0.15, 0.2) is 5.13 Å². The molecule has 0 unspecified atom stereocenters. The normalized spacial score (nSPS) is 15.8. The molecule has 2 N–H and O–H groups in total. The summed E-state index contributed by atoms with van der Waals surface area (Å²) >= 11 is 1.55. The van der Waals surface area contributed by atoms with Gasteiger partial charge in [-0.2, -0.15) is 0 Å². The average Bonchev–Trinajstić information content (AvgIpc) is 2.66. The van der Waals surface area contributed by atoms with Gasteiger partial charge >= 0.3 is 0 Å². The Balaban J connectivity index is 1.75. The molecule has 1 aliphatic heterocycles. The highest BCUT2D eigenvalue weighted by atomic mass is 32.1. The van der Waals surface area contributed by atoms with Gasteiger partial charge in [-0.25, -0.2) is 4.98 Å². The van der Waals surface area contributed by atoms with Crippen LogP contribution in [-0.4, -0.2) is 23.0 Å². The molecule has 0 radical (unpaired) electrons. The van der Waals surface area contributed by atoms with Crippen LogP contribution in [0.3, 0.4) is 0 Å². The molecule has 0 spiro atoms. The third-order valence-corrected chi connectivity index (χ3v) is 3.79.